The molecule has 1 aliphatic heterocycles. The summed E-state index contributed by atoms with van der Waals surface area (Å²) < 4.78 is 21.6. The third-order valence-electron chi connectivity index (χ3n) is 4.73. The number of hydrogen-bond donors (Lipinski definition) is 2. The number of amides is 1. The lowest BCUT2D eigenvalue weighted by molar-refractivity contribution is 0.0507. The summed E-state index contributed by atoms with van der Waals surface area (Å²) in [4.78, 5) is 19.0. The van der Waals surface area contributed by atoms with E-state index in [0.29, 0.717) is 30.3 Å². The Bertz CT molecular complexity index is 776. The first kappa shape index (κ1) is 24.4. The smallest absolute Gasteiger partial charge is 0.407 e. The van der Waals surface area contributed by atoms with E-state index in [1.54, 1.807) is 27.4 Å². The second-order valence-corrected chi connectivity index (χ2v) is 8.27. The van der Waals surface area contributed by atoms with Gasteiger partial charge >= 0.3 is 6.09 Å². The van der Waals surface area contributed by atoms with Crippen LogP contribution < -0.4 is 24.8 Å². The van der Waals surface area contributed by atoms with Crippen molar-refractivity contribution in [1.82, 2.24) is 15.5 Å². The van der Waals surface area contributed by atoms with Crippen LogP contribution in [0.2, 0.25) is 0 Å². The quantitative estimate of drug-likeness (QED) is 0.501. The number of alkyl carbamates (subject to hydrolysis) is 1. The molecule has 2 rings (SSSR count). The first-order valence-electron chi connectivity index (χ1n) is 10.5. The number of guanidine groups is 1. The lowest BCUT2D eigenvalue weighted by Gasteiger charge is -2.23. The van der Waals surface area contributed by atoms with Gasteiger partial charge in [-0.3, -0.25) is 0 Å². The maximum atomic E-state index is 12.1. The summed E-state index contributed by atoms with van der Waals surface area (Å²) >= 11 is 0. The van der Waals surface area contributed by atoms with Gasteiger partial charge in [-0.15, -0.1) is 0 Å². The van der Waals surface area contributed by atoms with Crippen molar-refractivity contribution in [3.8, 4) is 17.2 Å². The van der Waals surface area contributed by atoms with E-state index < -0.39 is 11.7 Å². The summed E-state index contributed by atoms with van der Waals surface area (Å²) in [6.07, 6.45) is 0.430. The van der Waals surface area contributed by atoms with E-state index in [9.17, 15) is 4.79 Å². The van der Waals surface area contributed by atoms with E-state index >= 15 is 0 Å². The molecule has 174 valence electrons. The number of hydrogen-bond acceptors (Lipinski definition) is 6. The first-order valence-corrected chi connectivity index (χ1v) is 10.5. The molecule has 0 bridgehead atoms. The van der Waals surface area contributed by atoms with Gasteiger partial charge in [-0.05, 0) is 40.2 Å². The summed E-state index contributed by atoms with van der Waals surface area (Å²) in [5.74, 6) is 2.70. The van der Waals surface area contributed by atoms with Crippen molar-refractivity contribution >= 4 is 12.1 Å². The molecule has 0 saturated carbocycles. The van der Waals surface area contributed by atoms with Crippen molar-refractivity contribution in [2.24, 2.45) is 4.99 Å². The molecule has 1 fully saturated rings. The minimum atomic E-state index is -0.517. The molecule has 1 aromatic rings. The fourth-order valence-electron chi connectivity index (χ4n) is 3.35. The fraction of sp³-hybridized carbons (Fsp3) is 0.636. The lowest BCUT2D eigenvalue weighted by Crippen LogP contribution is -2.44. The van der Waals surface area contributed by atoms with E-state index in [1.165, 1.54) is 0 Å². The number of carbonyl (C=O) groups excluding carboxylic acids is 1. The van der Waals surface area contributed by atoms with Crippen LogP contribution in [0, 0.1) is 0 Å². The van der Waals surface area contributed by atoms with Gasteiger partial charge in [0.2, 0.25) is 0 Å². The first-order chi connectivity index (χ1) is 14.7. The molecule has 9 nitrogen and oxygen atoms in total. The molecule has 1 aromatic carbocycles. The second-order valence-electron chi connectivity index (χ2n) is 8.27. The SMILES string of the molecule is CCNC(=NCc1cc(OC)c(OC)cc1OC)N1CCC(NC(=O)OC(C)(C)C)C1. The standard InChI is InChI=1S/C22H36N4O5/c1-8-23-20(26-10-9-16(14-26)25-21(27)31-22(2,3)4)24-13-15-11-18(29-6)19(30-7)12-17(15)28-5/h11-12,16H,8-10,13-14H2,1-7H3,(H,23,24)(H,25,27). The van der Waals surface area contributed by atoms with Crippen LogP contribution in [-0.2, 0) is 11.3 Å². The number of benzene rings is 1. The number of nitrogens with zero attached hydrogens (tertiary/aromatic N) is 2. The zero-order valence-corrected chi connectivity index (χ0v) is 19.7. The third-order valence-corrected chi connectivity index (χ3v) is 4.73. The Labute approximate surface area is 185 Å². The molecule has 0 aromatic heterocycles. The number of aliphatic imine (C=N–C) groups is 1. The third kappa shape index (κ3) is 7.11. The Hall–Kier alpha value is -2.84. The van der Waals surface area contributed by atoms with Crippen molar-refractivity contribution < 1.29 is 23.7 Å². The van der Waals surface area contributed by atoms with Crippen LogP contribution in [0.25, 0.3) is 0 Å². The zero-order chi connectivity index (χ0) is 23.0. The van der Waals surface area contributed by atoms with Gasteiger partial charge in [-0.1, -0.05) is 0 Å². The molecule has 1 saturated heterocycles. The van der Waals surface area contributed by atoms with E-state index in [0.717, 1.165) is 31.0 Å². The van der Waals surface area contributed by atoms with Crippen LogP contribution in [0.5, 0.6) is 17.2 Å². The number of rotatable bonds is 7. The minimum Gasteiger partial charge on any atom is -0.496 e. The Morgan fingerprint density at radius 3 is 2.35 bits per heavy atom. The van der Waals surface area contributed by atoms with Gasteiger partial charge in [0, 0.05) is 31.3 Å². The number of ether oxygens (including phenoxy) is 4. The normalized spacial score (nSPS) is 16.7. The summed E-state index contributed by atoms with van der Waals surface area (Å²) in [6, 6.07) is 3.68. The summed E-state index contributed by atoms with van der Waals surface area (Å²) in [5.41, 5.74) is 0.371. The van der Waals surface area contributed by atoms with Gasteiger partial charge in [0.1, 0.15) is 11.4 Å². The molecule has 0 aliphatic carbocycles. The molecular weight excluding hydrogens is 400 g/mol. The fourth-order valence-corrected chi connectivity index (χ4v) is 3.35. The van der Waals surface area contributed by atoms with Crippen molar-refractivity contribution in [1.29, 1.82) is 0 Å². The molecule has 2 N–H and O–H groups in total. The van der Waals surface area contributed by atoms with Crippen LogP contribution in [0.15, 0.2) is 17.1 Å². The monoisotopic (exact) mass is 436 g/mol. The van der Waals surface area contributed by atoms with Crippen LogP contribution in [-0.4, -0.2) is 69.6 Å². The Balaban J connectivity index is 2.10. The molecule has 1 heterocycles. The van der Waals surface area contributed by atoms with Crippen molar-refractivity contribution in [3.63, 3.8) is 0 Å². The maximum absolute atomic E-state index is 12.1. The topological polar surface area (TPSA) is 93.7 Å². The van der Waals surface area contributed by atoms with Gasteiger partial charge in [-0.2, -0.15) is 0 Å². The van der Waals surface area contributed by atoms with Gasteiger partial charge < -0.3 is 34.5 Å². The Morgan fingerprint density at radius 1 is 1.13 bits per heavy atom. The van der Waals surface area contributed by atoms with Crippen molar-refractivity contribution in [3.05, 3.63) is 17.7 Å². The van der Waals surface area contributed by atoms with E-state index in [4.69, 9.17) is 23.9 Å². The lowest BCUT2D eigenvalue weighted by atomic mass is 10.1. The predicted octanol–water partition coefficient (Wildman–Crippen LogP) is 2.78. The molecule has 31 heavy (non-hydrogen) atoms. The highest BCUT2D eigenvalue weighted by Crippen LogP contribution is 2.35. The number of methoxy groups -OCH3 is 3. The number of nitrogens with one attached hydrogen (secondary N) is 2. The van der Waals surface area contributed by atoms with Crippen LogP contribution in [0.1, 0.15) is 39.7 Å². The van der Waals surface area contributed by atoms with Gasteiger partial charge in [0.25, 0.3) is 0 Å². The van der Waals surface area contributed by atoms with E-state index in [-0.39, 0.29) is 6.04 Å². The van der Waals surface area contributed by atoms with Gasteiger partial charge in [0.05, 0.1) is 33.9 Å². The molecule has 1 amide bonds. The molecule has 1 atom stereocenters. The van der Waals surface area contributed by atoms with Crippen molar-refractivity contribution in [2.45, 2.75) is 52.3 Å². The summed E-state index contributed by atoms with van der Waals surface area (Å²) in [7, 11) is 4.81. The molecular formula is C22H36N4O5. The van der Waals surface area contributed by atoms with Crippen LogP contribution in [0.4, 0.5) is 4.79 Å². The van der Waals surface area contributed by atoms with Gasteiger partial charge in [0.15, 0.2) is 17.5 Å². The average molecular weight is 437 g/mol. The number of likely N-dealkylation sites (tertiary alicyclic amines) is 1. The second kappa shape index (κ2) is 11.0. The summed E-state index contributed by atoms with van der Waals surface area (Å²) in [5, 5.41) is 6.28. The predicted molar refractivity (Wildman–Crippen MR) is 120 cm³/mol. The minimum absolute atomic E-state index is 0.00863. The van der Waals surface area contributed by atoms with Crippen LogP contribution in [0.3, 0.4) is 0 Å². The van der Waals surface area contributed by atoms with Gasteiger partial charge in [-0.25, -0.2) is 9.79 Å². The molecule has 9 heteroatoms. The zero-order valence-electron chi connectivity index (χ0n) is 19.7. The molecule has 1 aliphatic rings. The van der Waals surface area contributed by atoms with E-state index in [1.807, 2.05) is 33.8 Å². The Morgan fingerprint density at radius 2 is 1.77 bits per heavy atom. The highest BCUT2D eigenvalue weighted by molar-refractivity contribution is 5.80. The largest absolute Gasteiger partial charge is 0.496 e. The molecule has 0 spiro atoms. The highest BCUT2D eigenvalue weighted by Gasteiger charge is 2.28. The average Bonchev–Trinajstić information content (AvgIpc) is 3.16. The van der Waals surface area contributed by atoms with Crippen LogP contribution >= 0.6 is 0 Å². The Kier molecular flexibility index (Phi) is 8.65. The van der Waals surface area contributed by atoms with Crippen molar-refractivity contribution in [2.75, 3.05) is 41.0 Å². The highest BCUT2D eigenvalue weighted by atomic mass is 16.6. The summed E-state index contributed by atoms with van der Waals surface area (Å²) in [6.45, 7) is 10.2. The molecule has 1 unspecified atom stereocenters. The maximum Gasteiger partial charge on any atom is 0.407 e. The molecule has 0 radical (unpaired) electrons. The number of carbonyl (C=O) groups is 1. The van der Waals surface area contributed by atoms with E-state index in [2.05, 4.69) is 15.5 Å².